The molecule has 0 aliphatic rings. The van der Waals surface area contributed by atoms with E-state index < -0.39 is 7.82 Å². The van der Waals surface area contributed by atoms with Gasteiger partial charge < -0.3 is 30.0 Å². The van der Waals surface area contributed by atoms with Crippen LogP contribution in [0.2, 0.25) is 0 Å². The molecule has 0 amide bonds. The van der Waals surface area contributed by atoms with Gasteiger partial charge in [0.1, 0.15) is 0 Å². The third-order valence-electron chi connectivity index (χ3n) is 3.25. The molecule has 0 heterocycles. The normalized spacial score (nSPS) is 11.0. The smallest absolute Gasteiger partial charge is 0.504 e. The highest BCUT2D eigenvalue weighted by Crippen LogP contribution is 2.51. The molecule has 3 rings (SSSR count). The van der Waals surface area contributed by atoms with Crippen molar-refractivity contribution in [2.24, 2.45) is 0 Å². The van der Waals surface area contributed by atoms with Crippen LogP contribution in [0.15, 0.2) is 72.8 Å². The number of rotatable bonds is 9. The molecule has 0 aliphatic carbocycles. The van der Waals surface area contributed by atoms with E-state index in [-0.39, 0.29) is 34.5 Å². The van der Waals surface area contributed by atoms with E-state index in [1.165, 1.54) is 72.8 Å². The van der Waals surface area contributed by atoms with Gasteiger partial charge in [-0.25, -0.2) is 4.57 Å². The van der Waals surface area contributed by atoms with Gasteiger partial charge in [-0.3, -0.25) is 0 Å². The Balaban J connectivity index is 1.74. The average molecular weight is 422 g/mol. The fraction of sp³-hybridized carbons (Fsp3) is 0. The summed E-state index contributed by atoms with van der Waals surface area (Å²) >= 11 is 0. The fourth-order valence-electron chi connectivity index (χ4n) is 1.88. The van der Waals surface area contributed by atoms with Crippen LogP contribution in [0.4, 0.5) is 0 Å². The largest absolute Gasteiger partial charge is 0.583 e. The minimum Gasteiger partial charge on any atom is -0.504 e. The second-order valence-electron chi connectivity index (χ2n) is 5.32. The molecule has 0 spiro atoms. The van der Waals surface area contributed by atoms with Gasteiger partial charge in [-0.1, -0.05) is 50.4 Å². The molecule has 10 nitrogen and oxygen atoms in total. The molecule has 0 unspecified atom stereocenters. The monoisotopic (exact) mass is 422 g/mol. The van der Waals surface area contributed by atoms with Gasteiger partial charge in [0.15, 0.2) is 17.2 Å². The third kappa shape index (κ3) is 5.53. The van der Waals surface area contributed by atoms with E-state index in [9.17, 15) is 19.9 Å². The maximum absolute atomic E-state index is 12.8. The summed E-state index contributed by atoms with van der Waals surface area (Å²) < 4.78 is 26.8. The second kappa shape index (κ2) is 9.18. The predicted molar refractivity (Wildman–Crippen MR) is 97.1 cm³/mol. The van der Waals surface area contributed by atoms with Crippen molar-refractivity contribution < 1.29 is 48.6 Å². The Bertz CT molecular complexity index is 882. The number of phenols is 3. The van der Waals surface area contributed by atoms with Crippen LogP contribution >= 0.6 is 7.82 Å². The lowest BCUT2D eigenvalue weighted by Gasteiger charge is -2.15. The van der Waals surface area contributed by atoms with Crippen molar-refractivity contribution in [2.45, 2.75) is 0 Å². The number of hydrogen-bond donors (Lipinski definition) is 3. The zero-order chi connectivity index (χ0) is 20.7. The molecule has 3 aromatic rings. The van der Waals surface area contributed by atoms with Gasteiger partial charge in [-0.15, -0.1) is 0 Å². The summed E-state index contributed by atoms with van der Waals surface area (Å²) in [5.74, 6) is -1.56. The molecule has 0 radical (unpaired) electrons. The lowest BCUT2D eigenvalue weighted by atomic mass is 10.3. The molecular formula is C18H15O10P. The third-order valence-corrected chi connectivity index (χ3v) is 4.02. The number of aromatic hydroxyl groups is 3. The van der Waals surface area contributed by atoms with Gasteiger partial charge in [-0.2, -0.15) is 0 Å². The number of benzene rings is 3. The Hall–Kier alpha value is -3.43. The van der Waals surface area contributed by atoms with E-state index in [4.69, 9.17) is 14.7 Å². The lowest BCUT2D eigenvalue weighted by Crippen LogP contribution is -2.08. The topological polar surface area (TPSA) is 133 Å². The molecule has 11 heteroatoms. The number of para-hydroxylation sites is 6. The molecule has 29 heavy (non-hydrogen) atoms. The van der Waals surface area contributed by atoms with Crippen LogP contribution < -0.4 is 14.7 Å². The first-order valence-electron chi connectivity index (χ1n) is 8.00. The average Bonchev–Trinajstić information content (AvgIpc) is 2.72. The SMILES string of the molecule is O=P(OOc1ccccc1O)(OOc1ccccc1O)OOc1ccccc1O. The summed E-state index contributed by atoms with van der Waals surface area (Å²) in [5, 5.41) is 29.1. The fourth-order valence-corrected chi connectivity index (χ4v) is 2.47. The zero-order valence-electron chi connectivity index (χ0n) is 14.6. The van der Waals surface area contributed by atoms with Crippen LogP contribution in [0.1, 0.15) is 0 Å². The highest BCUT2D eigenvalue weighted by atomic mass is 31.2. The highest BCUT2D eigenvalue weighted by Gasteiger charge is 2.36. The van der Waals surface area contributed by atoms with E-state index >= 15 is 0 Å². The molecule has 0 aromatic heterocycles. The molecule has 152 valence electrons. The van der Waals surface area contributed by atoms with Gasteiger partial charge >= 0.3 is 7.82 Å². The number of hydrogen-bond acceptors (Lipinski definition) is 10. The van der Waals surface area contributed by atoms with Gasteiger partial charge in [0.2, 0.25) is 17.2 Å². The maximum atomic E-state index is 12.8. The molecule has 0 saturated heterocycles. The van der Waals surface area contributed by atoms with E-state index in [1.54, 1.807) is 0 Å². The molecule has 0 fully saturated rings. The Morgan fingerprint density at radius 3 is 1.07 bits per heavy atom. The number of phosphoric acid groups is 1. The van der Waals surface area contributed by atoms with Gasteiger partial charge in [0, 0.05) is 0 Å². The first kappa shape index (κ1) is 20.3. The molecule has 3 N–H and O–H groups in total. The predicted octanol–water partition coefficient (Wildman–Crippen LogP) is 4.24. The standard InChI is InChI=1S/C18H15O10P/c19-13-7-1-4-10-16(13)23-26-29(22,27-24-17-11-5-2-8-14(17)20)28-25-18-12-6-3-9-15(18)21/h1-12,19-21H. The van der Waals surface area contributed by atoms with Crippen LogP contribution in [0.5, 0.6) is 34.5 Å². The van der Waals surface area contributed by atoms with Crippen LogP contribution in [-0.2, 0) is 18.6 Å². The lowest BCUT2D eigenvalue weighted by molar-refractivity contribution is -0.238. The molecule has 0 atom stereocenters. The van der Waals surface area contributed by atoms with Crippen LogP contribution in [0, 0.1) is 0 Å². The van der Waals surface area contributed by atoms with E-state index in [0.29, 0.717) is 0 Å². The molecule has 0 saturated carbocycles. The van der Waals surface area contributed by atoms with Crippen LogP contribution in [0.3, 0.4) is 0 Å². The summed E-state index contributed by atoms with van der Waals surface area (Å²) in [6.07, 6.45) is 0. The number of phenolic OH excluding ortho intramolecular Hbond substituents is 3. The minimum atomic E-state index is -4.78. The summed E-state index contributed by atoms with van der Waals surface area (Å²) in [7, 11) is -4.78. The summed E-state index contributed by atoms with van der Waals surface area (Å²) in [4.78, 5) is 14.4. The molecule has 3 aromatic carbocycles. The van der Waals surface area contributed by atoms with Gasteiger partial charge in [0.25, 0.3) is 0 Å². The van der Waals surface area contributed by atoms with Crippen molar-refractivity contribution >= 4 is 7.82 Å². The van der Waals surface area contributed by atoms with Crippen molar-refractivity contribution in [1.82, 2.24) is 0 Å². The molecule has 0 aliphatic heterocycles. The van der Waals surface area contributed by atoms with E-state index in [1.807, 2.05) is 0 Å². The van der Waals surface area contributed by atoms with E-state index in [2.05, 4.69) is 14.0 Å². The second-order valence-corrected chi connectivity index (χ2v) is 6.67. The van der Waals surface area contributed by atoms with Crippen molar-refractivity contribution in [3.05, 3.63) is 72.8 Å². The first-order chi connectivity index (χ1) is 14.0. The Kier molecular flexibility index (Phi) is 6.43. The maximum Gasteiger partial charge on any atom is 0.583 e. The van der Waals surface area contributed by atoms with Crippen LogP contribution in [0.25, 0.3) is 0 Å². The zero-order valence-corrected chi connectivity index (χ0v) is 15.5. The Labute approximate surface area is 164 Å². The Morgan fingerprint density at radius 2 is 0.793 bits per heavy atom. The van der Waals surface area contributed by atoms with E-state index in [0.717, 1.165) is 0 Å². The Morgan fingerprint density at radius 1 is 0.517 bits per heavy atom. The van der Waals surface area contributed by atoms with Gasteiger partial charge in [0.05, 0.1) is 0 Å². The summed E-state index contributed by atoms with van der Waals surface area (Å²) in [6.45, 7) is 0. The van der Waals surface area contributed by atoms with Crippen LogP contribution in [-0.4, -0.2) is 15.3 Å². The minimum absolute atomic E-state index is 0.204. The van der Waals surface area contributed by atoms with Crippen molar-refractivity contribution in [2.75, 3.05) is 0 Å². The summed E-state index contributed by atoms with van der Waals surface area (Å²) in [5.41, 5.74) is 0. The summed E-state index contributed by atoms with van der Waals surface area (Å²) in [6, 6.07) is 16.9. The highest BCUT2D eigenvalue weighted by molar-refractivity contribution is 7.48. The quantitative estimate of drug-likeness (QED) is 0.261. The first-order valence-corrected chi connectivity index (χ1v) is 9.46. The van der Waals surface area contributed by atoms with Crippen molar-refractivity contribution in [3.63, 3.8) is 0 Å². The van der Waals surface area contributed by atoms with Crippen molar-refractivity contribution in [1.29, 1.82) is 0 Å². The molecule has 0 bridgehead atoms. The molecular weight excluding hydrogens is 407 g/mol. The van der Waals surface area contributed by atoms with Crippen molar-refractivity contribution in [3.8, 4) is 34.5 Å². The van der Waals surface area contributed by atoms with Gasteiger partial charge in [-0.05, 0) is 36.4 Å².